The summed E-state index contributed by atoms with van der Waals surface area (Å²) in [6.07, 6.45) is 1.61. The van der Waals surface area contributed by atoms with Crippen LogP contribution in [-0.2, 0) is 7.05 Å². The molecule has 110 valence electrons. The van der Waals surface area contributed by atoms with Gasteiger partial charge in [-0.15, -0.1) is 0 Å². The van der Waals surface area contributed by atoms with Crippen LogP contribution in [0.4, 0.5) is 16.4 Å². The Balaban J connectivity index is 1.73. The van der Waals surface area contributed by atoms with E-state index in [4.69, 9.17) is 0 Å². The summed E-state index contributed by atoms with van der Waals surface area (Å²) >= 11 is 0. The number of amides is 2. The van der Waals surface area contributed by atoms with Crippen LogP contribution in [0.2, 0.25) is 0 Å². The summed E-state index contributed by atoms with van der Waals surface area (Å²) < 4.78 is 1.73. The van der Waals surface area contributed by atoms with E-state index in [1.807, 2.05) is 43.4 Å². The summed E-state index contributed by atoms with van der Waals surface area (Å²) in [6, 6.07) is 16.6. The lowest BCUT2D eigenvalue weighted by Gasteiger charge is -2.03. The van der Waals surface area contributed by atoms with Crippen molar-refractivity contribution in [2.24, 2.45) is 7.05 Å². The number of hydrogen-bond acceptors (Lipinski definition) is 3. The number of aromatic nitrogens is 3. The van der Waals surface area contributed by atoms with E-state index in [0.29, 0.717) is 11.6 Å². The van der Waals surface area contributed by atoms with Crippen LogP contribution < -0.4 is 10.6 Å². The highest BCUT2D eigenvalue weighted by Gasteiger charge is 2.10. The number of nitrogens with one attached hydrogen (secondary N) is 2. The number of pyridine rings is 1. The zero-order valence-corrected chi connectivity index (χ0v) is 12.0. The van der Waals surface area contributed by atoms with Crippen molar-refractivity contribution in [3.8, 4) is 11.3 Å². The van der Waals surface area contributed by atoms with E-state index in [0.717, 1.165) is 11.3 Å². The second-order valence-electron chi connectivity index (χ2n) is 4.70. The fourth-order valence-corrected chi connectivity index (χ4v) is 2.11. The Morgan fingerprint density at radius 3 is 2.45 bits per heavy atom. The van der Waals surface area contributed by atoms with Crippen molar-refractivity contribution in [1.29, 1.82) is 0 Å². The summed E-state index contributed by atoms with van der Waals surface area (Å²) in [5.41, 5.74) is 1.96. The molecule has 0 radical (unpaired) electrons. The third-order valence-electron chi connectivity index (χ3n) is 3.10. The standard InChI is InChI=1S/C16H15N5O/c1-21-13(12-7-3-2-4-8-12)11-15(20-21)19-16(22)18-14-9-5-6-10-17-14/h2-11H,1H3,(H2,17,18,19,20,22). The number of benzene rings is 1. The van der Waals surface area contributed by atoms with Crippen molar-refractivity contribution in [3.63, 3.8) is 0 Å². The lowest BCUT2D eigenvalue weighted by Crippen LogP contribution is -2.20. The Bertz CT molecular complexity index is 768. The molecule has 0 saturated heterocycles. The van der Waals surface area contributed by atoms with Crippen molar-refractivity contribution >= 4 is 17.7 Å². The number of hydrogen-bond donors (Lipinski definition) is 2. The van der Waals surface area contributed by atoms with Gasteiger partial charge in [-0.2, -0.15) is 5.10 Å². The lowest BCUT2D eigenvalue weighted by atomic mass is 10.1. The molecule has 0 aliphatic heterocycles. The van der Waals surface area contributed by atoms with E-state index in [2.05, 4.69) is 20.7 Å². The number of anilines is 2. The van der Waals surface area contributed by atoms with Gasteiger partial charge in [0.25, 0.3) is 0 Å². The van der Waals surface area contributed by atoms with Crippen LogP contribution in [0.3, 0.4) is 0 Å². The van der Waals surface area contributed by atoms with Gasteiger partial charge in [-0.1, -0.05) is 36.4 Å². The summed E-state index contributed by atoms with van der Waals surface area (Å²) in [7, 11) is 1.84. The molecule has 6 nitrogen and oxygen atoms in total. The van der Waals surface area contributed by atoms with Gasteiger partial charge in [0, 0.05) is 19.3 Å². The molecule has 2 heterocycles. The molecule has 0 atom stereocenters. The molecule has 0 unspecified atom stereocenters. The van der Waals surface area contributed by atoms with Crippen molar-refractivity contribution in [2.75, 3.05) is 10.6 Å². The molecule has 22 heavy (non-hydrogen) atoms. The third kappa shape index (κ3) is 3.12. The SMILES string of the molecule is Cn1nc(NC(=O)Nc2ccccn2)cc1-c1ccccc1. The van der Waals surface area contributed by atoms with Gasteiger partial charge in [-0.3, -0.25) is 15.3 Å². The summed E-state index contributed by atoms with van der Waals surface area (Å²) in [4.78, 5) is 16.0. The first-order valence-electron chi connectivity index (χ1n) is 6.81. The smallest absolute Gasteiger partial charge is 0.292 e. The van der Waals surface area contributed by atoms with Gasteiger partial charge in [-0.25, -0.2) is 9.78 Å². The van der Waals surface area contributed by atoms with Crippen molar-refractivity contribution in [3.05, 3.63) is 60.8 Å². The van der Waals surface area contributed by atoms with Crippen molar-refractivity contribution in [1.82, 2.24) is 14.8 Å². The predicted octanol–water partition coefficient (Wildman–Crippen LogP) is 3.13. The van der Waals surface area contributed by atoms with Crippen LogP contribution in [0.15, 0.2) is 60.8 Å². The molecule has 2 N–H and O–H groups in total. The first-order valence-corrected chi connectivity index (χ1v) is 6.81. The maximum Gasteiger partial charge on any atom is 0.326 e. The van der Waals surface area contributed by atoms with Gasteiger partial charge < -0.3 is 0 Å². The number of rotatable bonds is 3. The normalized spacial score (nSPS) is 10.2. The average Bonchev–Trinajstić information content (AvgIpc) is 2.89. The fourth-order valence-electron chi connectivity index (χ4n) is 2.11. The Kier molecular flexibility index (Phi) is 3.82. The molecule has 0 aliphatic carbocycles. The lowest BCUT2D eigenvalue weighted by molar-refractivity contribution is 0.262. The van der Waals surface area contributed by atoms with Gasteiger partial charge in [0.05, 0.1) is 5.69 Å². The van der Waals surface area contributed by atoms with Gasteiger partial charge in [-0.05, 0) is 17.7 Å². The molecule has 2 amide bonds. The summed E-state index contributed by atoms with van der Waals surface area (Å²) in [5.74, 6) is 0.967. The fraction of sp³-hybridized carbons (Fsp3) is 0.0625. The molecule has 6 heteroatoms. The zero-order chi connectivity index (χ0) is 15.4. The van der Waals surface area contributed by atoms with E-state index < -0.39 is 0 Å². The molecular formula is C16H15N5O. The van der Waals surface area contributed by atoms with Crippen LogP contribution in [0.5, 0.6) is 0 Å². The molecule has 3 rings (SSSR count). The van der Waals surface area contributed by atoms with Gasteiger partial charge in [0.2, 0.25) is 0 Å². The van der Waals surface area contributed by atoms with Crippen LogP contribution in [0, 0.1) is 0 Å². The van der Waals surface area contributed by atoms with E-state index in [1.54, 1.807) is 29.1 Å². The van der Waals surface area contributed by atoms with Crippen molar-refractivity contribution in [2.45, 2.75) is 0 Å². The van der Waals surface area contributed by atoms with Crippen LogP contribution >= 0.6 is 0 Å². The second-order valence-corrected chi connectivity index (χ2v) is 4.70. The number of aryl methyl sites for hydroxylation is 1. The highest BCUT2D eigenvalue weighted by molar-refractivity contribution is 5.98. The molecule has 0 spiro atoms. The number of nitrogens with zero attached hydrogens (tertiary/aromatic N) is 3. The number of carbonyl (C=O) groups excluding carboxylic acids is 1. The quantitative estimate of drug-likeness (QED) is 0.779. The number of carbonyl (C=O) groups is 1. The Morgan fingerprint density at radius 2 is 1.73 bits per heavy atom. The van der Waals surface area contributed by atoms with Gasteiger partial charge >= 0.3 is 6.03 Å². The largest absolute Gasteiger partial charge is 0.326 e. The highest BCUT2D eigenvalue weighted by Crippen LogP contribution is 2.21. The Morgan fingerprint density at radius 1 is 1.00 bits per heavy atom. The molecular weight excluding hydrogens is 278 g/mol. The maximum atomic E-state index is 11.9. The third-order valence-corrected chi connectivity index (χ3v) is 3.10. The van der Waals surface area contributed by atoms with Gasteiger partial charge in [0.15, 0.2) is 5.82 Å². The van der Waals surface area contributed by atoms with Gasteiger partial charge in [0.1, 0.15) is 5.82 Å². The van der Waals surface area contributed by atoms with Crippen LogP contribution in [0.25, 0.3) is 11.3 Å². The minimum Gasteiger partial charge on any atom is -0.292 e. The Labute approximate surface area is 127 Å². The number of urea groups is 1. The average molecular weight is 293 g/mol. The monoisotopic (exact) mass is 293 g/mol. The highest BCUT2D eigenvalue weighted by atomic mass is 16.2. The molecule has 3 aromatic rings. The molecule has 0 aliphatic rings. The molecule has 1 aromatic carbocycles. The van der Waals surface area contributed by atoms with E-state index in [-0.39, 0.29) is 6.03 Å². The summed E-state index contributed by atoms with van der Waals surface area (Å²) in [6.45, 7) is 0. The predicted molar refractivity (Wildman–Crippen MR) is 85.5 cm³/mol. The second kappa shape index (κ2) is 6.09. The molecule has 0 saturated carbocycles. The zero-order valence-electron chi connectivity index (χ0n) is 12.0. The minimum atomic E-state index is -0.378. The van der Waals surface area contributed by atoms with Crippen LogP contribution in [-0.4, -0.2) is 20.8 Å². The minimum absolute atomic E-state index is 0.378. The van der Waals surface area contributed by atoms with E-state index in [9.17, 15) is 4.79 Å². The maximum absolute atomic E-state index is 11.9. The first kappa shape index (κ1) is 13.8. The van der Waals surface area contributed by atoms with E-state index >= 15 is 0 Å². The Hall–Kier alpha value is -3.15. The summed E-state index contributed by atoms with van der Waals surface area (Å²) in [5, 5.41) is 9.64. The van der Waals surface area contributed by atoms with Crippen molar-refractivity contribution < 1.29 is 4.79 Å². The van der Waals surface area contributed by atoms with Crippen LogP contribution in [0.1, 0.15) is 0 Å². The first-order chi connectivity index (χ1) is 10.7. The topological polar surface area (TPSA) is 71.8 Å². The molecule has 0 fully saturated rings. The van der Waals surface area contributed by atoms with E-state index in [1.165, 1.54) is 0 Å². The molecule has 2 aromatic heterocycles. The molecule has 0 bridgehead atoms.